The normalized spacial score (nSPS) is 13.7. The second-order valence-corrected chi connectivity index (χ2v) is 6.61. The Labute approximate surface area is 117 Å². The Balaban J connectivity index is 2.62. The lowest BCUT2D eigenvalue weighted by molar-refractivity contribution is 0.363. The number of nitrogens with one attached hydrogen (secondary N) is 1. The summed E-state index contributed by atoms with van der Waals surface area (Å²) >= 11 is 6.30. The number of hydrogen-bond acceptors (Lipinski definition) is 1. The molecule has 0 aromatic heterocycles. The number of aryl methyl sites for hydroxylation is 1. The topological polar surface area (TPSA) is 12.0 Å². The van der Waals surface area contributed by atoms with Gasteiger partial charge in [0.05, 0.1) is 0 Å². The molecule has 1 atom stereocenters. The molecule has 18 heavy (non-hydrogen) atoms. The molecule has 0 fully saturated rings. The third-order valence-corrected chi connectivity index (χ3v) is 3.57. The molecule has 0 bridgehead atoms. The second kappa shape index (κ2) is 6.58. The number of rotatable bonds is 5. The van der Waals surface area contributed by atoms with Gasteiger partial charge in [-0.05, 0) is 63.8 Å². The van der Waals surface area contributed by atoms with Crippen LogP contribution in [0.5, 0.6) is 0 Å². The van der Waals surface area contributed by atoms with Crippen LogP contribution in [0.15, 0.2) is 18.2 Å². The fourth-order valence-corrected chi connectivity index (χ4v) is 2.25. The molecule has 1 aromatic carbocycles. The van der Waals surface area contributed by atoms with E-state index < -0.39 is 0 Å². The van der Waals surface area contributed by atoms with Crippen LogP contribution in [0.4, 0.5) is 0 Å². The molecule has 0 saturated carbocycles. The monoisotopic (exact) mass is 267 g/mol. The highest BCUT2D eigenvalue weighted by Crippen LogP contribution is 2.22. The summed E-state index contributed by atoms with van der Waals surface area (Å²) in [6, 6.07) is 6.36. The molecule has 0 spiro atoms. The molecule has 1 aromatic rings. The molecule has 0 aliphatic heterocycles. The molecule has 0 radical (unpaired) electrons. The van der Waals surface area contributed by atoms with E-state index in [9.17, 15) is 0 Å². The van der Waals surface area contributed by atoms with E-state index in [-0.39, 0.29) is 5.54 Å². The minimum atomic E-state index is 0.185. The molecule has 0 aliphatic rings. The molecule has 1 unspecified atom stereocenters. The quantitative estimate of drug-likeness (QED) is 0.822. The standard InChI is InChI=1S/C16H26ClN/c1-6-13(11-18-16(3,4)5)10-14-8-7-12(2)9-15(14)17/h7-9,13,18H,6,10-11H2,1-5H3. The fourth-order valence-electron chi connectivity index (χ4n) is 1.94. The minimum Gasteiger partial charge on any atom is -0.312 e. The number of hydrogen-bond donors (Lipinski definition) is 1. The highest BCUT2D eigenvalue weighted by Gasteiger charge is 2.14. The van der Waals surface area contributed by atoms with Crippen molar-refractivity contribution in [2.75, 3.05) is 6.54 Å². The molecular formula is C16H26ClN. The Morgan fingerprint density at radius 2 is 1.94 bits per heavy atom. The van der Waals surface area contributed by atoms with Crippen molar-refractivity contribution in [2.45, 2.75) is 53.0 Å². The number of benzene rings is 1. The van der Waals surface area contributed by atoms with Crippen molar-refractivity contribution >= 4 is 11.6 Å². The van der Waals surface area contributed by atoms with E-state index in [2.05, 4.69) is 58.1 Å². The average Bonchev–Trinajstić information content (AvgIpc) is 2.25. The van der Waals surface area contributed by atoms with Crippen LogP contribution in [-0.2, 0) is 6.42 Å². The highest BCUT2D eigenvalue weighted by molar-refractivity contribution is 6.31. The van der Waals surface area contributed by atoms with Gasteiger partial charge in [-0.3, -0.25) is 0 Å². The Morgan fingerprint density at radius 1 is 1.28 bits per heavy atom. The van der Waals surface area contributed by atoms with E-state index in [1.165, 1.54) is 17.5 Å². The smallest absolute Gasteiger partial charge is 0.0440 e. The molecule has 2 heteroatoms. The lowest BCUT2D eigenvalue weighted by Crippen LogP contribution is -2.39. The van der Waals surface area contributed by atoms with Gasteiger partial charge in [0.2, 0.25) is 0 Å². The Bertz CT molecular complexity index is 379. The summed E-state index contributed by atoms with van der Waals surface area (Å²) in [7, 11) is 0. The van der Waals surface area contributed by atoms with Crippen molar-refractivity contribution in [1.29, 1.82) is 0 Å². The van der Waals surface area contributed by atoms with Crippen molar-refractivity contribution < 1.29 is 0 Å². The maximum Gasteiger partial charge on any atom is 0.0440 e. The molecule has 1 rings (SSSR count). The van der Waals surface area contributed by atoms with Crippen molar-refractivity contribution in [2.24, 2.45) is 5.92 Å². The molecule has 1 nitrogen and oxygen atoms in total. The van der Waals surface area contributed by atoms with E-state index in [4.69, 9.17) is 11.6 Å². The van der Waals surface area contributed by atoms with Gasteiger partial charge in [0.15, 0.2) is 0 Å². The van der Waals surface area contributed by atoms with Gasteiger partial charge in [-0.25, -0.2) is 0 Å². The zero-order valence-electron chi connectivity index (χ0n) is 12.3. The first-order valence-corrected chi connectivity index (χ1v) is 7.19. The molecule has 0 heterocycles. The van der Waals surface area contributed by atoms with E-state index in [0.717, 1.165) is 18.0 Å². The van der Waals surface area contributed by atoms with Gasteiger partial charge in [0, 0.05) is 10.6 Å². The predicted molar refractivity (Wildman–Crippen MR) is 81.4 cm³/mol. The van der Waals surface area contributed by atoms with Crippen LogP contribution in [-0.4, -0.2) is 12.1 Å². The minimum absolute atomic E-state index is 0.185. The van der Waals surface area contributed by atoms with E-state index in [1.54, 1.807) is 0 Å². The largest absolute Gasteiger partial charge is 0.312 e. The molecule has 102 valence electrons. The fraction of sp³-hybridized carbons (Fsp3) is 0.625. The zero-order valence-corrected chi connectivity index (χ0v) is 13.1. The summed E-state index contributed by atoms with van der Waals surface area (Å²) in [6.07, 6.45) is 2.23. The third-order valence-electron chi connectivity index (χ3n) is 3.22. The van der Waals surface area contributed by atoms with Gasteiger partial charge in [0.1, 0.15) is 0 Å². The predicted octanol–water partition coefficient (Wildman–Crippen LogP) is 4.61. The summed E-state index contributed by atoms with van der Waals surface area (Å²) in [5.74, 6) is 0.643. The molecule has 0 aliphatic carbocycles. The van der Waals surface area contributed by atoms with Gasteiger partial charge in [-0.15, -0.1) is 0 Å². The lowest BCUT2D eigenvalue weighted by Gasteiger charge is -2.25. The first-order valence-electron chi connectivity index (χ1n) is 6.82. The van der Waals surface area contributed by atoms with Crippen LogP contribution in [0.3, 0.4) is 0 Å². The van der Waals surface area contributed by atoms with Crippen LogP contribution < -0.4 is 5.32 Å². The van der Waals surface area contributed by atoms with Crippen LogP contribution in [0.2, 0.25) is 5.02 Å². The SMILES string of the molecule is CCC(CNC(C)(C)C)Cc1ccc(C)cc1Cl. The van der Waals surface area contributed by atoms with Gasteiger partial charge in [-0.2, -0.15) is 0 Å². The molecular weight excluding hydrogens is 242 g/mol. The zero-order chi connectivity index (χ0) is 13.8. The van der Waals surface area contributed by atoms with Crippen LogP contribution in [0.25, 0.3) is 0 Å². The van der Waals surface area contributed by atoms with Crippen LogP contribution >= 0.6 is 11.6 Å². The number of halogens is 1. The van der Waals surface area contributed by atoms with Crippen molar-refractivity contribution in [1.82, 2.24) is 5.32 Å². The second-order valence-electron chi connectivity index (χ2n) is 6.20. The van der Waals surface area contributed by atoms with Gasteiger partial charge in [0.25, 0.3) is 0 Å². The van der Waals surface area contributed by atoms with Crippen molar-refractivity contribution in [3.05, 3.63) is 34.3 Å². The summed E-state index contributed by atoms with van der Waals surface area (Å²) in [4.78, 5) is 0. The van der Waals surface area contributed by atoms with Gasteiger partial charge >= 0.3 is 0 Å². The van der Waals surface area contributed by atoms with Crippen molar-refractivity contribution in [3.63, 3.8) is 0 Å². The summed E-state index contributed by atoms with van der Waals surface area (Å²) < 4.78 is 0. The summed E-state index contributed by atoms with van der Waals surface area (Å²) in [5.41, 5.74) is 2.68. The maximum atomic E-state index is 6.30. The highest BCUT2D eigenvalue weighted by atomic mass is 35.5. The van der Waals surface area contributed by atoms with Gasteiger partial charge < -0.3 is 5.32 Å². The Kier molecular flexibility index (Phi) is 5.68. The maximum absolute atomic E-state index is 6.30. The van der Waals surface area contributed by atoms with Gasteiger partial charge in [-0.1, -0.05) is 37.1 Å². The Morgan fingerprint density at radius 3 is 2.44 bits per heavy atom. The average molecular weight is 268 g/mol. The van der Waals surface area contributed by atoms with E-state index >= 15 is 0 Å². The molecule has 0 amide bonds. The third kappa shape index (κ3) is 5.41. The first kappa shape index (κ1) is 15.5. The Hall–Kier alpha value is -0.530. The van der Waals surface area contributed by atoms with E-state index in [1.807, 2.05) is 0 Å². The van der Waals surface area contributed by atoms with E-state index in [0.29, 0.717) is 5.92 Å². The summed E-state index contributed by atoms with van der Waals surface area (Å²) in [6.45, 7) is 12.0. The van der Waals surface area contributed by atoms with Crippen molar-refractivity contribution in [3.8, 4) is 0 Å². The molecule has 1 N–H and O–H groups in total. The van der Waals surface area contributed by atoms with Crippen LogP contribution in [0.1, 0.15) is 45.2 Å². The first-order chi connectivity index (χ1) is 8.31. The lowest BCUT2D eigenvalue weighted by atomic mass is 9.95. The summed E-state index contributed by atoms with van der Waals surface area (Å²) in [5, 5.41) is 4.49. The molecule has 0 saturated heterocycles. The van der Waals surface area contributed by atoms with Crippen LogP contribution in [0, 0.1) is 12.8 Å².